The number of pyridine rings is 1. The van der Waals surface area contributed by atoms with E-state index < -0.39 is 0 Å². The summed E-state index contributed by atoms with van der Waals surface area (Å²) in [7, 11) is 1.63. The van der Waals surface area contributed by atoms with Crippen LogP contribution < -0.4 is 14.8 Å². The summed E-state index contributed by atoms with van der Waals surface area (Å²) in [4.78, 5) is 19.4. The highest BCUT2D eigenvalue weighted by Gasteiger charge is 2.25. The number of ether oxygens (including phenoxy) is 2. The summed E-state index contributed by atoms with van der Waals surface area (Å²) >= 11 is 0. The molecule has 1 amide bonds. The number of carbonyl (C=O) groups excluding carboxylic acids is 1. The molecule has 0 aliphatic carbocycles. The van der Waals surface area contributed by atoms with Crippen LogP contribution in [0.5, 0.6) is 11.5 Å². The third kappa shape index (κ3) is 5.96. The van der Waals surface area contributed by atoms with Crippen molar-refractivity contribution in [3.63, 3.8) is 0 Å². The van der Waals surface area contributed by atoms with Crippen molar-refractivity contribution >= 4 is 5.91 Å². The van der Waals surface area contributed by atoms with Crippen LogP contribution in [-0.2, 0) is 11.3 Å². The van der Waals surface area contributed by atoms with Gasteiger partial charge in [0.25, 0.3) is 0 Å². The first-order valence-corrected chi connectivity index (χ1v) is 9.93. The van der Waals surface area contributed by atoms with Crippen LogP contribution in [0.15, 0.2) is 48.7 Å². The molecule has 1 saturated heterocycles. The Labute approximate surface area is 166 Å². The summed E-state index contributed by atoms with van der Waals surface area (Å²) in [6.45, 7) is 2.86. The molecule has 28 heavy (non-hydrogen) atoms. The largest absolute Gasteiger partial charge is 0.497 e. The van der Waals surface area contributed by atoms with Crippen LogP contribution in [0, 0.1) is 0 Å². The van der Waals surface area contributed by atoms with E-state index in [4.69, 9.17) is 9.47 Å². The van der Waals surface area contributed by atoms with Gasteiger partial charge in [-0.15, -0.1) is 0 Å². The number of aromatic nitrogens is 1. The molecule has 1 aromatic heterocycles. The lowest BCUT2D eigenvalue weighted by molar-refractivity contribution is -0.135. The number of hydrogen-bond donors (Lipinski definition) is 1. The Morgan fingerprint density at radius 1 is 1.14 bits per heavy atom. The molecule has 1 aromatic carbocycles. The number of methoxy groups -OCH3 is 1. The fourth-order valence-electron chi connectivity index (χ4n) is 3.47. The van der Waals surface area contributed by atoms with Crippen molar-refractivity contribution in [2.45, 2.75) is 38.3 Å². The van der Waals surface area contributed by atoms with Crippen molar-refractivity contribution in [2.75, 3.05) is 26.8 Å². The summed E-state index contributed by atoms with van der Waals surface area (Å²) in [5.41, 5.74) is 0.920. The van der Waals surface area contributed by atoms with Crippen molar-refractivity contribution < 1.29 is 14.3 Å². The van der Waals surface area contributed by atoms with Gasteiger partial charge in [-0.3, -0.25) is 9.78 Å². The van der Waals surface area contributed by atoms with Crippen LogP contribution in [0.4, 0.5) is 0 Å². The lowest BCUT2D eigenvalue weighted by atomic mass is 10.1. The second-order valence-corrected chi connectivity index (χ2v) is 6.95. The molecule has 2 aromatic rings. The Balaban J connectivity index is 1.59. The molecule has 2 heterocycles. The van der Waals surface area contributed by atoms with Crippen LogP contribution in [0.1, 0.15) is 31.4 Å². The Bertz CT molecular complexity index is 714. The summed E-state index contributed by atoms with van der Waals surface area (Å²) in [5, 5.41) is 3.42. The molecule has 150 valence electrons. The van der Waals surface area contributed by atoms with Crippen LogP contribution >= 0.6 is 0 Å². The number of benzene rings is 1. The molecule has 0 spiro atoms. The van der Waals surface area contributed by atoms with Gasteiger partial charge in [0, 0.05) is 12.2 Å². The van der Waals surface area contributed by atoms with Crippen LogP contribution in [0.25, 0.3) is 0 Å². The van der Waals surface area contributed by atoms with E-state index in [1.54, 1.807) is 13.3 Å². The topological polar surface area (TPSA) is 63.7 Å². The van der Waals surface area contributed by atoms with Gasteiger partial charge in [0.05, 0.1) is 32.4 Å². The van der Waals surface area contributed by atoms with E-state index in [-0.39, 0.29) is 11.9 Å². The minimum absolute atomic E-state index is 0.117. The van der Waals surface area contributed by atoms with Crippen molar-refractivity contribution in [3.05, 3.63) is 54.4 Å². The number of amides is 1. The maximum Gasteiger partial charge on any atom is 0.226 e. The maximum atomic E-state index is 13.0. The minimum Gasteiger partial charge on any atom is -0.497 e. The summed E-state index contributed by atoms with van der Waals surface area (Å²) in [5.74, 6) is 1.64. The van der Waals surface area contributed by atoms with Gasteiger partial charge in [0.1, 0.15) is 11.5 Å². The van der Waals surface area contributed by atoms with Gasteiger partial charge < -0.3 is 19.7 Å². The molecule has 3 rings (SSSR count). The lowest BCUT2D eigenvalue weighted by Crippen LogP contribution is -2.41. The molecular formula is C22H29N3O3. The Morgan fingerprint density at radius 2 is 1.96 bits per heavy atom. The number of hydrogen-bond acceptors (Lipinski definition) is 5. The van der Waals surface area contributed by atoms with Crippen molar-refractivity contribution in [2.24, 2.45) is 0 Å². The highest BCUT2D eigenvalue weighted by atomic mass is 16.5. The van der Waals surface area contributed by atoms with E-state index in [1.165, 1.54) is 0 Å². The molecule has 0 saturated carbocycles. The first kappa shape index (κ1) is 20.1. The van der Waals surface area contributed by atoms with E-state index >= 15 is 0 Å². The van der Waals surface area contributed by atoms with Crippen molar-refractivity contribution in [1.82, 2.24) is 15.2 Å². The van der Waals surface area contributed by atoms with Gasteiger partial charge in [0.2, 0.25) is 5.91 Å². The van der Waals surface area contributed by atoms with Crippen LogP contribution in [0.2, 0.25) is 0 Å². The Hall–Kier alpha value is -2.60. The zero-order valence-electron chi connectivity index (χ0n) is 16.5. The number of nitrogens with one attached hydrogen (secondary N) is 1. The Morgan fingerprint density at radius 3 is 2.71 bits per heavy atom. The molecule has 0 bridgehead atoms. The van der Waals surface area contributed by atoms with Crippen LogP contribution in [-0.4, -0.2) is 48.6 Å². The van der Waals surface area contributed by atoms with Gasteiger partial charge in [0.15, 0.2) is 0 Å². The molecule has 1 atom stereocenters. The fraction of sp³-hybridized carbons (Fsp3) is 0.455. The van der Waals surface area contributed by atoms with Crippen molar-refractivity contribution in [3.8, 4) is 11.5 Å². The first-order chi connectivity index (χ1) is 13.8. The van der Waals surface area contributed by atoms with E-state index in [9.17, 15) is 4.79 Å². The predicted octanol–water partition coefficient (Wildman–Crippen LogP) is 3.03. The molecule has 1 aliphatic rings. The highest BCUT2D eigenvalue weighted by molar-refractivity contribution is 5.76. The monoisotopic (exact) mass is 383 g/mol. The molecule has 6 nitrogen and oxygen atoms in total. The predicted molar refractivity (Wildman–Crippen MR) is 108 cm³/mol. The highest BCUT2D eigenvalue weighted by Crippen LogP contribution is 2.19. The molecule has 1 N–H and O–H groups in total. The quantitative estimate of drug-likeness (QED) is 0.759. The molecule has 6 heteroatoms. The summed E-state index contributed by atoms with van der Waals surface area (Å²) < 4.78 is 10.9. The van der Waals surface area contributed by atoms with Gasteiger partial charge in [-0.1, -0.05) is 6.07 Å². The van der Waals surface area contributed by atoms with E-state index in [1.807, 2.05) is 47.4 Å². The fourth-order valence-corrected chi connectivity index (χ4v) is 3.47. The van der Waals surface area contributed by atoms with Gasteiger partial charge in [-0.2, -0.15) is 0 Å². The summed E-state index contributed by atoms with van der Waals surface area (Å²) in [6.07, 6.45) is 5.20. The number of rotatable bonds is 8. The number of carbonyl (C=O) groups is 1. The van der Waals surface area contributed by atoms with Crippen LogP contribution in [0.3, 0.4) is 0 Å². The van der Waals surface area contributed by atoms with E-state index in [0.29, 0.717) is 19.6 Å². The summed E-state index contributed by atoms with van der Waals surface area (Å²) in [6, 6.07) is 13.5. The standard InChI is InChI=1S/C22H29N3O3/c1-27-20-7-9-21(10-8-20)28-16-12-22(26)25(17-18-5-2-3-14-24-18)19-6-4-13-23-15-11-19/h2-3,5,7-10,14,19,23H,4,6,11-13,15-17H2,1H3. The Kier molecular flexibility index (Phi) is 7.67. The molecule has 1 fully saturated rings. The second kappa shape index (κ2) is 10.7. The van der Waals surface area contributed by atoms with E-state index in [0.717, 1.165) is 49.5 Å². The molecular weight excluding hydrogens is 354 g/mol. The van der Waals surface area contributed by atoms with Gasteiger partial charge >= 0.3 is 0 Å². The van der Waals surface area contributed by atoms with E-state index in [2.05, 4.69) is 10.3 Å². The SMILES string of the molecule is COc1ccc(OCCC(=O)N(Cc2ccccn2)C2CCCNCC2)cc1. The molecule has 0 radical (unpaired) electrons. The molecule has 1 unspecified atom stereocenters. The molecule has 1 aliphatic heterocycles. The van der Waals surface area contributed by atoms with Gasteiger partial charge in [-0.25, -0.2) is 0 Å². The lowest BCUT2D eigenvalue weighted by Gasteiger charge is -2.31. The third-order valence-electron chi connectivity index (χ3n) is 5.01. The van der Waals surface area contributed by atoms with Gasteiger partial charge in [-0.05, 0) is 68.8 Å². The normalized spacial score (nSPS) is 16.8. The average molecular weight is 383 g/mol. The average Bonchev–Trinajstić information content (AvgIpc) is 3.02. The maximum absolute atomic E-state index is 13.0. The third-order valence-corrected chi connectivity index (χ3v) is 5.01. The first-order valence-electron chi connectivity index (χ1n) is 9.93. The second-order valence-electron chi connectivity index (χ2n) is 6.95. The smallest absolute Gasteiger partial charge is 0.226 e. The number of nitrogens with zero attached hydrogens (tertiary/aromatic N) is 2. The van der Waals surface area contributed by atoms with Crippen molar-refractivity contribution in [1.29, 1.82) is 0 Å². The zero-order chi connectivity index (χ0) is 19.6. The minimum atomic E-state index is 0.117. The zero-order valence-corrected chi connectivity index (χ0v) is 16.5.